The second-order valence-electron chi connectivity index (χ2n) is 3.79. The molecule has 0 saturated carbocycles. The molecule has 106 valence electrons. The number of ether oxygens (including phenoxy) is 2. The summed E-state index contributed by atoms with van der Waals surface area (Å²) in [5.41, 5.74) is 0. The van der Waals surface area contributed by atoms with Crippen LogP contribution in [0, 0.1) is 5.82 Å². The molecule has 2 aromatic heterocycles. The molecule has 0 bridgehead atoms. The molecule has 2 heterocycles. The van der Waals surface area contributed by atoms with E-state index in [0.29, 0.717) is 35.3 Å². The maximum absolute atomic E-state index is 13.3. The Bertz CT molecular complexity index is 586. The van der Waals surface area contributed by atoms with Crippen molar-refractivity contribution in [2.45, 2.75) is 6.42 Å². The zero-order valence-electron chi connectivity index (χ0n) is 10.4. The smallest absolute Gasteiger partial charge is 0.214 e. The van der Waals surface area contributed by atoms with Gasteiger partial charge in [0.25, 0.3) is 0 Å². The number of halogens is 3. The SMILES string of the molecule is Fc1cnc(Br)cc1OCCCOc1cccc(Cl)n1. The number of pyridine rings is 2. The Morgan fingerprint density at radius 2 is 2.05 bits per heavy atom. The van der Waals surface area contributed by atoms with Crippen LogP contribution in [0.5, 0.6) is 11.6 Å². The van der Waals surface area contributed by atoms with Crippen molar-refractivity contribution >= 4 is 27.5 Å². The molecule has 0 saturated heterocycles. The van der Waals surface area contributed by atoms with Crippen molar-refractivity contribution in [1.29, 1.82) is 0 Å². The summed E-state index contributed by atoms with van der Waals surface area (Å²) in [5.74, 6) is 0.119. The van der Waals surface area contributed by atoms with Crippen LogP contribution in [0.3, 0.4) is 0 Å². The van der Waals surface area contributed by atoms with E-state index in [0.717, 1.165) is 6.20 Å². The van der Waals surface area contributed by atoms with Gasteiger partial charge < -0.3 is 9.47 Å². The van der Waals surface area contributed by atoms with E-state index in [-0.39, 0.29) is 5.75 Å². The average Bonchev–Trinajstić information content (AvgIpc) is 2.42. The Hall–Kier alpha value is -1.40. The molecule has 2 rings (SSSR count). The van der Waals surface area contributed by atoms with Crippen LogP contribution in [-0.2, 0) is 0 Å². The number of rotatable bonds is 6. The second kappa shape index (κ2) is 7.40. The monoisotopic (exact) mass is 360 g/mol. The predicted molar refractivity (Wildman–Crippen MR) is 76.7 cm³/mol. The van der Waals surface area contributed by atoms with Gasteiger partial charge in [-0.15, -0.1) is 0 Å². The molecule has 0 spiro atoms. The summed E-state index contributed by atoms with van der Waals surface area (Å²) in [5, 5.41) is 0.377. The first-order valence-electron chi connectivity index (χ1n) is 5.84. The van der Waals surface area contributed by atoms with Crippen molar-refractivity contribution in [3.8, 4) is 11.6 Å². The zero-order valence-corrected chi connectivity index (χ0v) is 12.7. The first-order valence-corrected chi connectivity index (χ1v) is 7.01. The molecule has 0 fully saturated rings. The largest absolute Gasteiger partial charge is 0.490 e. The highest BCUT2D eigenvalue weighted by molar-refractivity contribution is 9.10. The molecule has 0 atom stereocenters. The van der Waals surface area contributed by atoms with Gasteiger partial charge >= 0.3 is 0 Å². The number of aromatic nitrogens is 2. The van der Waals surface area contributed by atoms with Gasteiger partial charge in [0.2, 0.25) is 5.88 Å². The standard InChI is InChI=1S/C13H11BrClFN2O2/c14-11-7-10(9(16)8-17-11)19-5-2-6-20-13-4-1-3-12(15)18-13/h1,3-4,7-8H,2,5-6H2. The van der Waals surface area contributed by atoms with Gasteiger partial charge in [0.05, 0.1) is 19.4 Å². The summed E-state index contributed by atoms with van der Waals surface area (Å²) < 4.78 is 24.5. The third-order valence-electron chi connectivity index (χ3n) is 2.27. The Morgan fingerprint density at radius 1 is 1.25 bits per heavy atom. The van der Waals surface area contributed by atoms with Gasteiger partial charge in [-0.05, 0) is 22.0 Å². The summed E-state index contributed by atoms with van der Waals surface area (Å²) in [6.07, 6.45) is 1.69. The molecular formula is C13H11BrClFN2O2. The Morgan fingerprint density at radius 3 is 2.85 bits per heavy atom. The number of hydrogen-bond acceptors (Lipinski definition) is 4. The summed E-state index contributed by atoms with van der Waals surface area (Å²) in [6, 6.07) is 6.62. The number of nitrogens with zero attached hydrogens (tertiary/aromatic N) is 2. The van der Waals surface area contributed by atoms with Crippen LogP contribution >= 0.6 is 27.5 Å². The average molecular weight is 362 g/mol. The Labute approximate surface area is 129 Å². The summed E-state index contributed by atoms with van der Waals surface area (Å²) in [7, 11) is 0. The van der Waals surface area contributed by atoms with Gasteiger partial charge in [0.15, 0.2) is 11.6 Å². The summed E-state index contributed by atoms with van der Waals surface area (Å²) in [6.45, 7) is 0.731. The lowest BCUT2D eigenvalue weighted by Gasteiger charge is -2.08. The highest BCUT2D eigenvalue weighted by atomic mass is 79.9. The molecule has 0 N–H and O–H groups in total. The zero-order chi connectivity index (χ0) is 14.4. The predicted octanol–water partition coefficient (Wildman–Crippen LogP) is 3.88. The fourth-order valence-electron chi connectivity index (χ4n) is 1.39. The molecule has 4 nitrogen and oxygen atoms in total. The molecule has 0 radical (unpaired) electrons. The normalized spacial score (nSPS) is 10.3. The highest BCUT2D eigenvalue weighted by Gasteiger charge is 2.04. The molecule has 0 unspecified atom stereocenters. The summed E-state index contributed by atoms with van der Waals surface area (Å²) in [4.78, 5) is 7.73. The number of hydrogen-bond donors (Lipinski definition) is 0. The molecule has 0 aliphatic carbocycles. The Balaban J connectivity index is 1.73. The van der Waals surface area contributed by atoms with Crippen LogP contribution in [0.4, 0.5) is 4.39 Å². The third kappa shape index (κ3) is 4.61. The van der Waals surface area contributed by atoms with Crippen molar-refractivity contribution < 1.29 is 13.9 Å². The molecule has 2 aromatic rings. The van der Waals surface area contributed by atoms with E-state index in [9.17, 15) is 4.39 Å². The minimum Gasteiger partial charge on any atom is -0.490 e. The molecule has 20 heavy (non-hydrogen) atoms. The van der Waals surface area contributed by atoms with Crippen LogP contribution < -0.4 is 9.47 Å². The molecule has 0 aliphatic rings. The van der Waals surface area contributed by atoms with Gasteiger partial charge in [-0.2, -0.15) is 0 Å². The topological polar surface area (TPSA) is 44.2 Å². The van der Waals surface area contributed by atoms with E-state index in [4.69, 9.17) is 21.1 Å². The van der Waals surface area contributed by atoms with Crippen molar-refractivity contribution in [3.63, 3.8) is 0 Å². The van der Waals surface area contributed by atoms with E-state index in [2.05, 4.69) is 25.9 Å². The van der Waals surface area contributed by atoms with Crippen LogP contribution in [0.25, 0.3) is 0 Å². The van der Waals surface area contributed by atoms with Gasteiger partial charge in [0.1, 0.15) is 9.76 Å². The Kier molecular flexibility index (Phi) is 5.55. The van der Waals surface area contributed by atoms with E-state index in [1.54, 1.807) is 18.2 Å². The quantitative estimate of drug-likeness (QED) is 0.578. The van der Waals surface area contributed by atoms with Crippen molar-refractivity contribution in [2.24, 2.45) is 0 Å². The minimum absolute atomic E-state index is 0.160. The van der Waals surface area contributed by atoms with Crippen LogP contribution in [-0.4, -0.2) is 23.2 Å². The van der Waals surface area contributed by atoms with E-state index in [1.807, 2.05) is 0 Å². The van der Waals surface area contributed by atoms with Gasteiger partial charge in [-0.25, -0.2) is 14.4 Å². The van der Waals surface area contributed by atoms with Crippen LogP contribution in [0.15, 0.2) is 35.1 Å². The van der Waals surface area contributed by atoms with E-state index in [1.165, 1.54) is 6.07 Å². The van der Waals surface area contributed by atoms with E-state index >= 15 is 0 Å². The fourth-order valence-corrected chi connectivity index (χ4v) is 1.86. The lowest BCUT2D eigenvalue weighted by atomic mass is 10.4. The molecule has 0 amide bonds. The van der Waals surface area contributed by atoms with Crippen molar-refractivity contribution in [3.05, 3.63) is 46.0 Å². The molecule has 0 aromatic carbocycles. The highest BCUT2D eigenvalue weighted by Crippen LogP contribution is 2.20. The first kappa shape index (κ1) is 15.0. The van der Waals surface area contributed by atoms with E-state index < -0.39 is 5.82 Å². The van der Waals surface area contributed by atoms with Crippen LogP contribution in [0.2, 0.25) is 5.15 Å². The second-order valence-corrected chi connectivity index (χ2v) is 4.99. The summed E-state index contributed by atoms with van der Waals surface area (Å²) >= 11 is 8.88. The molecule has 7 heteroatoms. The lowest BCUT2D eigenvalue weighted by Crippen LogP contribution is -2.06. The molecular weight excluding hydrogens is 351 g/mol. The van der Waals surface area contributed by atoms with Crippen LogP contribution in [0.1, 0.15) is 6.42 Å². The maximum Gasteiger partial charge on any atom is 0.214 e. The minimum atomic E-state index is -0.495. The van der Waals surface area contributed by atoms with Gasteiger partial charge in [0, 0.05) is 18.6 Å². The van der Waals surface area contributed by atoms with Crippen molar-refractivity contribution in [1.82, 2.24) is 9.97 Å². The first-order chi connectivity index (χ1) is 9.65. The lowest BCUT2D eigenvalue weighted by molar-refractivity contribution is 0.236. The van der Waals surface area contributed by atoms with Gasteiger partial charge in [-0.3, -0.25) is 0 Å². The van der Waals surface area contributed by atoms with Gasteiger partial charge in [-0.1, -0.05) is 17.7 Å². The fraction of sp³-hybridized carbons (Fsp3) is 0.231. The molecule has 0 aliphatic heterocycles. The third-order valence-corrected chi connectivity index (χ3v) is 2.92. The van der Waals surface area contributed by atoms with Crippen molar-refractivity contribution in [2.75, 3.05) is 13.2 Å². The maximum atomic E-state index is 13.3.